The number of aryl methyl sites for hydroxylation is 1. The van der Waals surface area contributed by atoms with E-state index in [1.807, 2.05) is 6.33 Å². The molecule has 1 atom stereocenters. The second-order valence-corrected chi connectivity index (χ2v) is 4.42. The molecule has 2 aliphatic rings. The third-order valence-electron chi connectivity index (χ3n) is 3.37. The van der Waals surface area contributed by atoms with Crippen molar-refractivity contribution in [1.82, 2.24) is 14.9 Å². The molecule has 1 unspecified atom stereocenters. The van der Waals surface area contributed by atoms with Crippen LogP contribution < -0.4 is 5.32 Å². The summed E-state index contributed by atoms with van der Waals surface area (Å²) in [5.41, 5.74) is 0.885. The molecule has 3 heterocycles. The normalized spacial score (nSPS) is 27.9. The monoisotopic (exact) mass is 223 g/mol. The Hall–Kier alpha value is -0.910. The summed E-state index contributed by atoms with van der Waals surface area (Å²) >= 11 is 0. The first-order chi connectivity index (χ1) is 7.84. The van der Waals surface area contributed by atoms with Gasteiger partial charge in [0, 0.05) is 19.3 Å². The number of imidazole rings is 1. The predicted molar refractivity (Wildman–Crippen MR) is 58.1 cm³/mol. The van der Waals surface area contributed by atoms with E-state index in [-0.39, 0.29) is 11.6 Å². The van der Waals surface area contributed by atoms with Gasteiger partial charge in [0.05, 0.1) is 37.9 Å². The van der Waals surface area contributed by atoms with Gasteiger partial charge < -0.3 is 19.4 Å². The zero-order chi connectivity index (χ0) is 11.0. The Morgan fingerprint density at radius 3 is 3.12 bits per heavy atom. The molecular weight excluding hydrogens is 206 g/mol. The van der Waals surface area contributed by atoms with E-state index in [2.05, 4.69) is 28.0 Å². The number of morpholine rings is 1. The van der Waals surface area contributed by atoms with Gasteiger partial charge in [-0.15, -0.1) is 0 Å². The molecule has 0 aromatic carbocycles. The Morgan fingerprint density at radius 1 is 1.62 bits per heavy atom. The molecule has 5 nitrogen and oxygen atoms in total. The molecule has 2 aliphatic heterocycles. The molecule has 0 bridgehead atoms. The summed E-state index contributed by atoms with van der Waals surface area (Å²) in [6.07, 6.45) is 3.96. The fraction of sp³-hybridized carbons (Fsp3) is 0.727. The molecule has 1 spiro atoms. The molecule has 0 aliphatic carbocycles. The van der Waals surface area contributed by atoms with E-state index in [4.69, 9.17) is 9.47 Å². The molecule has 0 saturated carbocycles. The van der Waals surface area contributed by atoms with Gasteiger partial charge in [-0.3, -0.25) is 0 Å². The highest BCUT2D eigenvalue weighted by Gasteiger charge is 2.50. The minimum absolute atomic E-state index is 0.169. The molecule has 2 saturated heterocycles. The highest BCUT2D eigenvalue weighted by molar-refractivity contribution is 5.15. The van der Waals surface area contributed by atoms with Crippen molar-refractivity contribution in [3.8, 4) is 0 Å². The second kappa shape index (κ2) is 3.84. The topological polar surface area (TPSA) is 48.3 Å². The Kier molecular flexibility index (Phi) is 2.46. The zero-order valence-corrected chi connectivity index (χ0v) is 9.48. The average Bonchev–Trinajstić information content (AvgIpc) is 2.75. The van der Waals surface area contributed by atoms with Gasteiger partial charge in [-0.1, -0.05) is 0 Å². The van der Waals surface area contributed by atoms with Crippen LogP contribution in [0.4, 0.5) is 0 Å². The smallest absolute Gasteiger partial charge is 0.136 e. The number of nitrogens with one attached hydrogen (secondary N) is 1. The highest BCUT2D eigenvalue weighted by Crippen LogP contribution is 2.36. The van der Waals surface area contributed by atoms with Crippen LogP contribution in [-0.4, -0.2) is 41.5 Å². The Bertz CT molecular complexity index is 373. The molecule has 5 heteroatoms. The number of ether oxygens (including phenoxy) is 2. The molecule has 2 fully saturated rings. The Morgan fingerprint density at radius 2 is 2.50 bits per heavy atom. The van der Waals surface area contributed by atoms with Crippen molar-refractivity contribution in [2.24, 2.45) is 0 Å². The second-order valence-electron chi connectivity index (χ2n) is 4.42. The van der Waals surface area contributed by atoms with Crippen LogP contribution in [0.1, 0.15) is 18.7 Å². The lowest BCUT2D eigenvalue weighted by atomic mass is 9.88. The summed E-state index contributed by atoms with van der Waals surface area (Å²) in [7, 11) is 0. The molecule has 16 heavy (non-hydrogen) atoms. The van der Waals surface area contributed by atoms with Crippen molar-refractivity contribution in [2.75, 3.05) is 26.4 Å². The van der Waals surface area contributed by atoms with Crippen molar-refractivity contribution >= 4 is 0 Å². The lowest BCUT2D eigenvalue weighted by Crippen LogP contribution is -2.63. The first-order valence-corrected chi connectivity index (χ1v) is 5.81. The fourth-order valence-corrected chi connectivity index (χ4v) is 2.35. The van der Waals surface area contributed by atoms with E-state index in [1.165, 1.54) is 0 Å². The van der Waals surface area contributed by atoms with Crippen LogP contribution in [0.25, 0.3) is 0 Å². The van der Waals surface area contributed by atoms with Gasteiger partial charge in [0.15, 0.2) is 0 Å². The molecule has 0 amide bonds. The minimum Gasteiger partial charge on any atom is -0.375 e. The van der Waals surface area contributed by atoms with Crippen molar-refractivity contribution in [3.05, 3.63) is 18.2 Å². The van der Waals surface area contributed by atoms with Gasteiger partial charge in [0.1, 0.15) is 5.60 Å². The van der Waals surface area contributed by atoms with Gasteiger partial charge in [-0.05, 0) is 6.92 Å². The Balaban J connectivity index is 1.85. The van der Waals surface area contributed by atoms with Crippen LogP contribution in [0.2, 0.25) is 0 Å². The van der Waals surface area contributed by atoms with Crippen LogP contribution >= 0.6 is 0 Å². The number of aromatic nitrogens is 2. The van der Waals surface area contributed by atoms with Gasteiger partial charge >= 0.3 is 0 Å². The summed E-state index contributed by atoms with van der Waals surface area (Å²) in [5, 5.41) is 3.48. The molecule has 0 radical (unpaired) electrons. The third-order valence-corrected chi connectivity index (χ3v) is 3.37. The molecule has 1 aromatic heterocycles. The third kappa shape index (κ3) is 1.47. The molecular formula is C11H17N3O2. The summed E-state index contributed by atoms with van der Waals surface area (Å²) in [6, 6.07) is 0.169. The number of hydrogen-bond donors (Lipinski definition) is 1. The number of rotatable bonds is 2. The zero-order valence-electron chi connectivity index (χ0n) is 9.48. The van der Waals surface area contributed by atoms with Crippen LogP contribution in [0, 0.1) is 0 Å². The van der Waals surface area contributed by atoms with Crippen molar-refractivity contribution < 1.29 is 9.47 Å². The van der Waals surface area contributed by atoms with Crippen LogP contribution in [0.5, 0.6) is 0 Å². The summed E-state index contributed by atoms with van der Waals surface area (Å²) in [6.45, 7) is 6.04. The van der Waals surface area contributed by atoms with Gasteiger partial charge in [-0.25, -0.2) is 4.98 Å². The highest BCUT2D eigenvalue weighted by atomic mass is 16.6. The Labute approximate surface area is 94.8 Å². The van der Waals surface area contributed by atoms with E-state index in [0.29, 0.717) is 13.2 Å². The van der Waals surface area contributed by atoms with Crippen LogP contribution in [-0.2, 0) is 16.0 Å². The quantitative estimate of drug-likeness (QED) is 0.785. The minimum atomic E-state index is -0.175. The predicted octanol–water partition coefficient (Wildman–Crippen LogP) is 0.333. The first-order valence-electron chi connectivity index (χ1n) is 5.81. The molecule has 1 aromatic rings. The van der Waals surface area contributed by atoms with Crippen molar-refractivity contribution in [2.45, 2.75) is 25.1 Å². The van der Waals surface area contributed by atoms with E-state index < -0.39 is 0 Å². The first kappa shape index (κ1) is 10.3. The lowest BCUT2D eigenvalue weighted by molar-refractivity contribution is -0.239. The molecule has 3 rings (SSSR count). The lowest BCUT2D eigenvalue weighted by Gasteiger charge is -2.49. The van der Waals surface area contributed by atoms with Gasteiger partial charge in [-0.2, -0.15) is 0 Å². The number of nitrogens with zero attached hydrogens (tertiary/aromatic N) is 2. The summed E-state index contributed by atoms with van der Waals surface area (Å²) in [5.74, 6) is 0. The van der Waals surface area contributed by atoms with Crippen LogP contribution in [0.3, 0.4) is 0 Å². The number of hydrogen-bond acceptors (Lipinski definition) is 4. The van der Waals surface area contributed by atoms with Crippen LogP contribution in [0.15, 0.2) is 12.5 Å². The van der Waals surface area contributed by atoms with Gasteiger partial charge in [0.25, 0.3) is 0 Å². The van der Waals surface area contributed by atoms with E-state index in [1.54, 1.807) is 0 Å². The maximum Gasteiger partial charge on any atom is 0.136 e. The van der Waals surface area contributed by atoms with E-state index in [0.717, 1.165) is 25.4 Å². The maximum absolute atomic E-state index is 5.87. The summed E-state index contributed by atoms with van der Waals surface area (Å²) < 4.78 is 13.3. The molecule has 1 N–H and O–H groups in total. The SMILES string of the molecule is CCn1cnc(C2NCCOC23COC3)c1. The summed E-state index contributed by atoms with van der Waals surface area (Å²) in [4.78, 5) is 4.45. The average molecular weight is 223 g/mol. The van der Waals surface area contributed by atoms with Gasteiger partial charge in [0.2, 0.25) is 0 Å². The van der Waals surface area contributed by atoms with Crippen molar-refractivity contribution in [3.63, 3.8) is 0 Å². The fourth-order valence-electron chi connectivity index (χ4n) is 2.35. The maximum atomic E-state index is 5.87. The standard InChI is InChI=1S/C11H17N3O2/c1-2-14-5-9(13-8-14)10-11(6-15-7-11)16-4-3-12-10/h5,8,10,12H,2-4,6-7H2,1H3. The van der Waals surface area contributed by atoms with E-state index in [9.17, 15) is 0 Å². The molecule has 88 valence electrons. The van der Waals surface area contributed by atoms with E-state index >= 15 is 0 Å². The van der Waals surface area contributed by atoms with Crippen molar-refractivity contribution in [1.29, 1.82) is 0 Å². The largest absolute Gasteiger partial charge is 0.375 e.